The summed E-state index contributed by atoms with van der Waals surface area (Å²) in [6.45, 7) is 1.31. The molecule has 0 radical (unpaired) electrons. The highest BCUT2D eigenvalue weighted by molar-refractivity contribution is 7.17. The number of methoxy groups -OCH3 is 3. The minimum absolute atomic E-state index is 0.193. The molecule has 8 nitrogen and oxygen atoms in total. The maximum absolute atomic E-state index is 13.5. The summed E-state index contributed by atoms with van der Waals surface area (Å²) >= 11 is 1.35. The van der Waals surface area contributed by atoms with Crippen LogP contribution in [0, 0.1) is 5.92 Å². The van der Waals surface area contributed by atoms with Crippen LogP contribution >= 0.6 is 11.3 Å². The summed E-state index contributed by atoms with van der Waals surface area (Å²) in [5.74, 6) is 3.06. The lowest BCUT2D eigenvalue weighted by atomic mass is 9.73. The Kier molecular flexibility index (Phi) is 6.49. The molecule has 0 bridgehead atoms. The maximum atomic E-state index is 13.5. The van der Waals surface area contributed by atoms with Crippen molar-refractivity contribution in [1.29, 1.82) is 0 Å². The van der Waals surface area contributed by atoms with Crippen LogP contribution in [0.3, 0.4) is 0 Å². The van der Waals surface area contributed by atoms with Gasteiger partial charge in [0.05, 0.1) is 26.8 Å². The van der Waals surface area contributed by atoms with Gasteiger partial charge in [0, 0.05) is 29.4 Å². The minimum Gasteiger partial charge on any atom is -0.496 e. The van der Waals surface area contributed by atoms with Crippen molar-refractivity contribution in [3.05, 3.63) is 73.7 Å². The molecule has 2 aliphatic rings. The van der Waals surface area contributed by atoms with E-state index in [1.54, 1.807) is 21.3 Å². The van der Waals surface area contributed by atoms with E-state index in [0.717, 1.165) is 36.3 Å². The molecule has 3 heterocycles. The van der Waals surface area contributed by atoms with Gasteiger partial charge in [-0.25, -0.2) is 4.79 Å². The summed E-state index contributed by atoms with van der Waals surface area (Å²) in [4.78, 5) is 29.6. The maximum Gasteiger partial charge on any atom is 0.328 e. The van der Waals surface area contributed by atoms with Crippen LogP contribution in [0.1, 0.15) is 29.9 Å². The first-order chi connectivity index (χ1) is 18.5. The molecule has 38 heavy (non-hydrogen) atoms. The molecule has 4 aromatic rings. The number of fused-ring (bicyclic) bond motifs is 4. The van der Waals surface area contributed by atoms with Crippen LogP contribution in [0.5, 0.6) is 17.2 Å². The molecule has 1 aliphatic carbocycles. The van der Waals surface area contributed by atoms with E-state index < -0.39 is 0 Å². The van der Waals surface area contributed by atoms with Crippen LogP contribution in [0.25, 0.3) is 21.3 Å². The van der Waals surface area contributed by atoms with E-state index in [1.807, 2.05) is 29.6 Å². The van der Waals surface area contributed by atoms with Gasteiger partial charge < -0.3 is 24.5 Å². The number of hydrogen-bond donors (Lipinski definition) is 2. The molecule has 1 unspecified atom stereocenters. The highest BCUT2D eigenvalue weighted by Crippen LogP contribution is 2.45. The van der Waals surface area contributed by atoms with Crippen molar-refractivity contribution in [2.24, 2.45) is 5.92 Å². The normalized spacial score (nSPS) is 20.2. The lowest BCUT2D eigenvalue weighted by molar-refractivity contribution is 0.355. The number of hydrogen-bond acceptors (Lipinski definition) is 7. The van der Waals surface area contributed by atoms with Gasteiger partial charge in [0.1, 0.15) is 10.4 Å². The number of aromatic amines is 1. The number of nitrogens with one attached hydrogen (secondary N) is 2. The third-order valence-corrected chi connectivity index (χ3v) is 9.13. The largest absolute Gasteiger partial charge is 0.496 e. The van der Waals surface area contributed by atoms with E-state index in [-0.39, 0.29) is 17.3 Å². The molecule has 0 saturated carbocycles. The van der Waals surface area contributed by atoms with Crippen molar-refractivity contribution in [2.45, 2.75) is 37.8 Å². The summed E-state index contributed by atoms with van der Waals surface area (Å²) in [5.41, 5.74) is 4.19. The number of nitrogens with zero attached hydrogens (tertiary/aromatic N) is 1. The zero-order valence-electron chi connectivity index (χ0n) is 21.7. The van der Waals surface area contributed by atoms with Gasteiger partial charge in [-0.1, -0.05) is 18.2 Å². The topological polar surface area (TPSA) is 94.6 Å². The number of aromatic nitrogens is 2. The zero-order valence-corrected chi connectivity index (χ0v) is 22.5. The van der Waals surface area contributed by atoms with Gasteiger partial charge in [0.15, 0.2) is 11.5 Å². The quantitative estimate of drug-likeness (QED) is 0.371. The summed E-state index contributed by atoms with van der Waals surface area (Å²) in [7, 11) is 4.89. The van der Waals surface area contributed by atoms with Crippen molar-refractivity contribution in [3.63, 3.8) is 0 Å². The second-order valence-electron chi connectivity index (χ2n) is 9.97. The van der Waals surface area contributed by atoms with Crippen LogP contribution in [0.2, 0.25) is 0 Å². The van der Waals surface area contributed by atoms with Crippen LogP contribution in [0.15, 0.2) is 51.4 Å². The molecule has 198 valence electrons. The van der Waals surface area contributed by atoms with Gasteiger partial charge in [0.25, 0.3) is 5.56 Å². The molecule has 2 aromatic carbocycles. The Bertz CT molecular complexity index is 1620. The van der Waals surface area contributed by atoms with Gasteiger partial charge in [0.2, 0.25) is 0 Å². The Labute approximate surface area is 224 Å². The number of benzene rings is 2. The van der Waals surface area contributed by atoms with E-state index in [9.17, 15) is 9.59 Å². The second kappa shape index (κ2) is 9.96. The molecule has 1 fully saturated rings. The lowest BCUT2D eigenvalue weighted by Crippen LogP contribution is -2.37. The molecular formula is C29H31N3O5S. The Hall–Kier alpha value is -3.56. The summed E-state index contributed by atoms with van der Waals surface area (Å²) in [6.07, 6.45) is 2.83. The van der Waals surface area contributed by atoms with E-state index >= 15 is 0 Å². The Morgan fingerprint density at radius 2 is 1.84 bits per heavy atom. The first-order valence-electron chi connectivity index (χ1n) is 12.9. The molecule has 2 aromatic heterocycles. The molecule has 1 aliphatic heterocycles. The Morgan fingerprint density at radius 1 is 1.03 bits per heavy atom. The number of H-pyrrole nitrogens is 1. The van der Waals surface area contributed by atoms with E-state index in [4.69, 9.17) is 14.2 Å². The van der Waals surface area contributed by atoms with Crippen LogP contribution in [-0.2, 0) is 13.0 Å². The van der Waals surface area contributed by atoms with Crippen molar-refractivity contribution in [2.75, 3.05) is 27.9 Å². The fourth-order valence-electron chi connectivity index (χ4n) is 6.32. The fraction of sp³-hybridized carbons (Fsp3) is 0.379. The van der Waals surface area contributed by atoms with Crippen LogP contribution in [-0.4, -0.2) is 43.5 Å². The third kappa shape index (κ3) is 4.01. The SMILES string of the molecule is COc1ccc(-c2csc3c(=O)n(CCC4NC[C@@H]5CCc6c(OC)cccc6[C@H]45)c(=O)[nH]c23)cc1OC. The molecule has 2 N–H and O–H groups in total. The van der Waals surface area contributed by atoms with Crippen LogP contribution < -0.4 is 30.8 Å². The third-order valence-electron chi connectivity index (χ3n) is 8.16. The molecule has 3 atom stereocenters. The minimum atomic E-state index is -0.386. The van der Waals surface area contributed by atoms with Crippen molar-refractivity contribution in [3.8, 4) is 28.4 Å². The molecule has 6 rings (SSSR count). The van der Waals surface area contributed by atoms with Crippen molar-refractivity contribution < 1.29 is 14.2 Å². The number of ether oxygens (including phenoxy) is 3. The second-order valence-corrected chi connectivity index (χ2v) is 10.8. The highest BCUT2D eigenvalue weighted by Gasteiger charge is 2.40. The molecule has 9 heteroatoms. The first-order valence-corrected chi connectivity index (χ1v) is 13.8. The van der Waals surface area contributed by atoms with Crippen molar-refractivity contribution in [1.82, 2.24) is 14.9 Å². The highest BCUT2D eigenvalue weighted by atomic mass is 32.1. The Balaban J connectivity index is 1.29. The predicted octanol–water partition coefficient (Wildman–Crippen LogP) is 4.15. The van der Waals surface area contributed by atoms with Crippen LogP contribution in [0.4, 0.5) is 0 Å². The van der Waals surface area contributed by atoms with E-state index in [0.29, 0.717) is 46.5 Å². The summed E-state index contributed by atoms with van der Waals surface area (Å²) in [5, 5.41) is 5.59. The lowest BCUT2D eigenvalue weighted by Gasteiger charge is -2.32. The fourth-order valence-corrected chi connectivity index (χ4v) is 7.30. The summed E-state index contributed by atoms with van der Waals surface area (Å²) in [6, 6.07) is 12.1. The monoisotopic (exact) mass is 533 g/mol. The van der Waals surface area contributed by atoms with Gasteiger partial charge in [-0.05, 0) is 66.6 Å². The molecular weight excluding hydrogens is 502 g/mol. The summed E-state index contributed by atoms with van der Waals surface area (Å²) < 4.78 is 18.3. The smallest absolute Gasteiger partial charge is 0.328 e. The average molecular weight is 534 g/mol. The molecule has 1 saturated heterocycles. The van der Waals surface area contributed by atoms with Gasteiger partial charge in [-0.15, -0.1) is 11.3 Å². The Morgan fingerprint density at radius 3 is 2.63 bits per heavy atom. The predicted molar refractivity (Wildman–Crippen MR) is 149 cm³/mol. The van der Waals surface area contributed by atoms with Crippen molar-refractivity contribution >= 4 is 21.6 Å². The standard InChI is InChI=1S/C29H31N3O5S/c1-35-22-6-4-5-19-18(22)9-7-17-14-30-21(25(17)19)11-12-32-28(33)27-26(31-29(32)34)20(15-38-27)16-8-10-23(36-2)24(13-16)37-3/h4-6,8,10,13,15,17,21,25,30H,7,9,11-12,14H2,1-3H3,(H,31,34)/t17-,21?,25+/m0/s1. The van der Waals surface area contributed by atoms with E-state index in [2.05, 4.69) is 22.4 Å². The average Bonchev–Trinajstić information content (AvgIpc) is 3.56. The zero-order chi connectivity index (χ0) is 26.4. The van der Waals surface area contributed by atoms with E-state index in [1.165, 1.54) is 27.0 Å². The number of thiophene rings is 1. The van der Waals surface area contributed by atoms with Gasteiger partial charge >= 0.3 is 5.69 Å². The van der Waals surface area contributed by atoms with Gasteiger partial charge in [-0.3, -0.25) is 9.36 Å². The van der Waals surface area contributed by atoms with Gasteiger partial charge in [-0.2, -0.15) is 0 Å². The number of rotatable bonds is 7. The molecule has 0 amide bonds. The first kappa shape index (κ1) is 24.8. The molecule has 0 spiro atoms.